The molecule has 3 aromatic rings. The average molecular weight is 646 g/mol. The van der Waals surface area contributed by atoms with E-state index in [4.69, 9.17) is 4.74 Å². The zero-order chi connectivity index (χ0) is 27.3. The smallest absolute Gasteiger partial charge is 0.301 e. The molecule has 0 heterocycles. The van der Waals surface area contributed by atoms with Gasteiger partial charge in [-0.2, -0.15) is 12.7 Å². The van der Waals surface area contributed by atoms with Gasteiger partial charge in [0.1, 0.15) is 28.7 Å². The van der Waals surface area contributed by atoms with Gasteiger partial charge in [0.05, 0.1) is 23.2 Å². The van der Waals surface area contributed by atoms with E-state index in [-0.39, 0.29) is 40.7 Å². The van der Waals surface area contributed by atoms with Gasteiger partial charge in [-0.25, -0.2) is 8.78 Å². The van der Waals surface area contributed by atoms with E-state index in [2.05, 4.69) is 15.4 Å². The zero-order valence-electron chi connectivity index (χ0n) is 20.1. The molecule has 0 radical (unpaired) electrons. The summed E-state index contributed by atoms with van der Waals surface area (Å²) in [6.45, 7) is 1.37. The molecule has 0 unspecified atom stereocenters. The van der Waals surface area contributed by atoms with Gasteiger partial charge in [-0.15, -0.1) is 0 Å². The van der Waals surface area contributed by atoms with Gasteiger partial charge in [0.25, 0.3) is 5.91 Å². The molecule has 0 aliphatic heterocycles. The highest BCUT2D eigenvalue weighted by Gasteiger charge is 2.22. The highest BCUT2D eigenvalue weighted by molar-refractivity contribution is 14.1. The molecule has 0 fully saturated rings. The number of hydrogen-bond acceptors (Lipinski definition) is 6. The number of ether oxygens (including phenoxy) is 1. The summed E-state index contributed by atoms with van der Waals surface area (Å²) in [4.78, 5) is 13.1. The maximum Gasteiger partial charge on any atom is 0.301 e. The first-order valence-electron chi connectivity index (χ1n) is 10.9. The quantitative estimate of drug-likeness (QED) is 0.242. The molecular formula is C24H25F2IN4O5S. The minimum absolute atomic E-state index is 0.00151. The normalized spacial score (nSPS) is 12.2. The third-order valence-electron chi connectivity index (χ3n) is 4.84. The predicted molar refractivity (Wildman–Crippen MR) is 146 cm³/mol. The summed E-state index contributed by atoms with van der Waals surface area (Å²) >= 11 is 1.94. The van der Waals surface area contributed by atoms with Gasteiger partial charge in [0.15, 0.2) is 0 Å². The van der Waals surface area contributed by atoms with E-state index in [0.717, 1.165) is 16.4 Å². The first-order valence-corrected chi connectivity index (χ1v) is 13.4. The van der Waals surface area contributed by atoms with Crippen LogP contribution < -0.4 is 20.1 Å². The maximum atomic E-state index is 14.7. The summed E-state index contributed by atoms with van der Waals surface area (Å²) in [5.41, 5.74) is -0.0643. The zero-order valence-corrected chi connectivity index (χ0v) is 23.0. The minimum atomic E-state index is -3.80. The first-order chi connectivity index (χ1) is 17.4. The number of nitrogens with one attached hydrogen (secondary N) is 3. The van der Waals surface area contributed by atoms with E-state index in [1.807, 2.05) is 22.6 Å². The van der Waals surface area contributed by atoms with E-state index in [1.54, 1.807) is 6.07 Å². The van der Waals surface area contributed by atoms with Gasteiger partial charge >= 0.3 is 10.2 Å². The molecule has 0 saturated heterocycles. The molecule has 0 spiro atoms. The molecule has 3 rings (SSSR count). The average Bonchev–Trinajstić information content (AvgIpc) is 2.79. The monoisotopic (exact) mass is 646 g/mol. The minimum Gasteiger partial charge on any atom is -0.456 e. The van der Waals surface area contributed by atoms with E-state index in [0.29, 0.717) is 3.57 Å². The number of amides is 1. The van der Waals surface area contributed by atoms with Crippen LogP contribution in [0.1, 0.15) is 17.3 Å². The lowest BCUT2D eigenvalue weighted by molar-refractivity contribution is 0.0922. The Morgan fingerprint density at radius 1 is 1.11 bits per heavy atom. The van der Waals surface area contributed by atoms with Crippen molar-refractivity contribution in [1.29, 1.82) is 0 Å². The van der Waals surface area contributed by atoms with Gasteiger partial charge in [0, 0.05) is 36.3 Å². The lowest BCUT2D eigenvalue weighted by Crippen LogP contribution is -2.31. The Kier molecular flexibility index (Phi) is 9.28. The number of benzene rings is 3. The summed E-state index contributed by atoms with van der Waals surface area (Å²) in [6.07, 6.45) is -0.861. The van der Waals surface area contributed by atoms with Crippen molar-refractivity contribution in [2.24, 2.45) is 0 Å². The molecule has 4 N–H and O–H groups in total. The summed E-state index contributed by atoms with van der Waals surface area (Å²) in [5, 5.41) is 14.9. The number of hydrogen-bond donors (Lipinski definition) is 4. The van der Waals surface area contributed by atoms with Gasteiger partial charge in [-0.1, -0.05) is 6.07 Å². The summed E-state index contributed by atoms with van der Waals surface area (Å²) < 4.78 is 63.3. The second-order valence-corrected chi connectivity index (χ2v) is 11.3. The lowest BCUT2D eigenvalue weighted by Gasteiger charge is -2.18. The first kappa shape index (κ1) is 28.6. The van der Waals surface area contributed by atoms with Crippen molar-refractivity contribution in [2.75, 3.05) is 30.7 Å². The van der Waals surface area contributed by atoms with Crippen LogP contribution in [0.5, 0.6) is 11.5 Å². The fourth-order valence-corrected chi connectivity index (χ4v) is 4.11. The Morgan fingerprint density at radius 3 is 2.49 bits per heavy atom. The topological polar surface area (TPSA) is 120 Å². The molecule has 0 saturated carbocycles. The third kappa shape index (κ3) is 7.74. The van der Waals surface area contributed by atoms with Crippen LogP contribution in [0.4, 0.5) is 25.8 Å². The van der Waals surface area contributed by atoms with E-state index < -0.39 is 33.9 Å². The SMILES string of the molecule is C[C@H](O)CNC(=O)c1c(Nc2ccc(I)cc2F)cc(F)cc1Oc1cccc(NS(=O)(=O)N(C)C)c1. The molecule has 0 bridgehead atoms. The molecule has 1 atom stereocenters. The number of aliphatic hydroxyl groups excluding tert-OH is 1. The molecule has 13 heteroatoms. The Labute approximate surface area is 227 Å². The van der Waals surface area contributed by atoms with Crippen LogP contribution in [0.3, 0.4) is 0 Å². The van der Waals surface area contributed by atoms with Crippen LogP contribution in [0.25, 0.3) is 0 Å². The van der Waals surface area contributed by atoms with Crippen molar-refractivity contribution in [3.63, 3.8) is 0 Å². The van der Waals surface area contributed by atoms with Crippen LogP contribution >= 0.6 is 22.6 Å². The predicted octanol–water partition coefficient (Wildman–Crippen LogP) is 4.43. The number of halogens is 3. The largest absolute Gasteiger partial charge is 0.456 e. The van der Waals surface area contributed by atoms with Crippen LogP contribution in [0, 0.1) is 15.2 Å². The lowest BCUT2D eigenvalue weighted by atomic mass is 10.1. The highest BCUT2D eigenvalue weighted by Crippen LogP contribution is 2.35. The number of aliphatic hydroxyl groups is 1. The number of carbonyl (C=O) groups excluding carboxylic acids is 1. The second kappa shape index (κ2) is 12.0. The molecule has 0 aliphatic carbocycles. The van der Waals surface area contributed by atoms with Gasteiger partial charge in [-0.3, -0.25) is 9.52 Å². The summed E-state index contributed by atoms with van der Waals surface area (Å²) in [7, 11) is -1.08. The Balaban J connectivity index is 2.04. The fraction of sp³-hybridized carbons (Fsp3) is 0.208. The Morgan fingerprint density at radius 2 is 1.84 bits per heavy atom. The van der Waals surface area contributed by atoms with Crippen molar-refractivity contribution in [1.82, 2.24) is 9.62 Å². The molecular weight excluding hydrogens is 621 g/mol. The van der Waals surface area contributed by atoms with Gasteiger partial charge < -0.3 is 20.5 Å². The molecule has 198 valence electrons. The van der Waals surface area contributed by atoms with Gasteiger partial charge in [-0.05, 0) is 65.9 Å². The third-order valence-corrected chi connectivity index (χ3v) is 6.97. The molecule has 1 amide bonds. The molecule has 3 aromatic carbocycles. The van der Waals surface area contributed by atoms with Crippen LogP contribution in [0.2, 0.25) is 0 Å². The van der Waals surface area contributed by atoms with Gasteiger partial charge in [0.2, 0.25) is 0 Å². The van der Waals surface area contributed by atoms with Crippen LogP contribution in [-0.2, 0) is 10.2 Å². The number of rotatable bonds is 10. The van der Waals surface area contributed by atoms with Crippen LogP contribution in [0.15, 0.2) is 54.6 Å². The Hall–Kier alpha value is -3.01. The van der Waals surface area contributed by atoms with E-state index in [9.17, 15) is 27.1 Å². The maximum absolute atomic E-state index is 14.7. The van der Waals surface area contributed by atoms with E-state index in [1.165, 1.54) is 57.4 Å². The standard InChI is InChI=1S/C24H25F2IN4O5S/c1-14(32)13-28-24(33)23-21(29-20-8-7-16(27)11-19(20)26)9-15(25)10-22(23)36-18-6-4-5-17(12-18)30-37(34,35)31(2)3/h4-12,14,29-30,32H,13H2,1-3H3,(H,28,33)/t14-/m0/s1. The van der Waals surface area contributed by atoms with Crippen molar-refractivity contribution in [3.05, 3.63) is 75.4 Å². The molecule has 0 aliphatic rings. The number of carbonyl (C=O) groups is 1. The molecule has 37 heavy (non-hydrogen) atoms. The second-order valence-electron chi connectivity index (χ2n) is 8.15. The van der Waals surface area contributed by atoms with Crippen molar-refractivity contribution in [3.8, 4) is 11.5 Å². The summed E-state index contributed by atoms with van der Waals surface area (Å²) in [6, 6.07) is 12.2. The Bertz CT molecular complexity index is 1400. The summed E-state index contributed by atoms with van der Waals surface area (Å²) in [5.74, 6) is -2.23. The van der Waals surface area contributed by atoms with Crippen molar-refractivity contribution < 1.29 is 31.8 Å². The number of nitrogens with zero attached hydrogens (tertiary/aromatic N) is 1. The van der Waals surface area contributed by atoms with Crippen molar-refractivity contribution in [2.45, 2.75) is 13.0 Å². The van der Waals surface area contributed by atoms with Crippen molar-refractivity contribution >= 4 is 55.8 Å². The number of anilines is 3. The molecule has 9 nitrogen and oxygen atoms in total. The fourth-order valence-electron chi connectivity index (χ4n) is 3.05. The molecule has 0 aromatic heterocycles. The highest BCUT2D eigenvalue weighted by atomic mass is 127. The van der Waals surface area contributed by atoms with E-state index >= 15 is 0 Å². The van der Waals surface area contributed by atoms with Crippen LogP contribution in [-0.4, -0.2) is 50.5 Å².